The Bertz CT molecular complexity index is 336. The number of nitrogens with zero attached hydrogens (tertiary/aromatic N) is 3. The molecule has 0 unspecified atom stereocenters. The maximum Gasteiger partial charge on any atom is 0.341 e. The van der Waals surface area contributed by atoms with Gasteiger partial charge in [0.05, 0.1) is 12.2 Å². The van der Waals surface area contributed by atoms with Crippen LogP contribution in [0, 0.1) is 0 Å². The number of esters is 1. The van der Waals surface area contributed by atoms with Crippen molar-refractivity contribution in [3.63, 3.8) is 0 Å². The summed E-state index contributed by atoms with van der Waals surface area (Å²) in [4.78, 5) is 21.3. The molecular formula is C11H17N3O2. The minimum atomic E-state index is -0.362. The smallest absolute Gasteiger partial charge is 0.341 e. The van der Waals surface area contributed by atoms with Crippen LogP contribution in [0.3, 0.4) is 0 Å². The molecule has 16 heavy (non-hydrogen) atoms. The Kier molecular flexibility index (Phi) is 4.69. The van der Waals surface area contributed by atoms with Gasteiger partial charge in [-0.05, 0) is 6.42 Å². The SMILES string of the molecule is CCCCOC(=O)c1cnc(N(C)C)nc1. The van der Waals surface area contributed by atoms with E-state index in [1.807, 2.05) is 21.0 Å². The minimum absolute atomic E-state index is 0.362. The van der Waals surface area contributed by atoms with E-state index in [9.17, 15) is 4.79 Å². The Balaban J connectivity index is 2.56. The third-order valence-corrected chi connectivity index (χ3v) is 2.00. The number of anilines is 1. The Hall–Kier alpha value is -1.65. The lowest BCUT2D eigenvalue weighted by molar-refractivity contribution is 0.0499. The fourth-order valence-electron chi connectivity index (χ4n) is 1.05. The van der Waals surface area contributed by atoms with Crippen LogP contribution in [0.2, 0.25) is 0 Å². The predicted octanol–water partition coefficient (Wildman–Crippen LogP) is 1.50. The highest BCUT2D eigenvalue weighted by Crippen LogP contribution is 2.04. The van der Waals surface area contributed by atoms with E-state index in [1.165, 1.54) is 12.4 Å². The van der Waals surface area contributed by atoms with Crippen molar-refractivity contribution in [3.8, 4) is 0 Å². The Labute approximate surface area is 95.5 Å². The van der Waals surface area contributed by atoms with Crippen LogP contribution in [0.1, 0.15) is 30.1 Å². The molecule has 5 nitrogen and oxygen atoms in total. The summed E-state index contributed by atoms with van der Waals surface area (Å²) in [5.74, 6) is 0.212. The number of carbonyl (C=O) groups is 1. The molecule has 0 saturated heterocycles. The van der Waals surface area contributed by atoms with E-state index in [-0.39, 0.29) is 5.97 Å². The molecule has 0 bridgehead atoms. The first-order chi connectivity index (χ1) is 7.65. The van der Waals surface area contributed by atoms with E-state index in [0.29, 0.717) is 18.1 Å². The zero-order valence-corrected chi connectivity index (χ0v) is 9.93. The van der Waals surface area contributed by atoms with Gasteiger partial charge in [-0.25, -0.2) is 14.8 Å². The first-order valence-electron chi connectivity index (χ1n) is 5.31. The van der Waals surface area contributed by atoms with Crippen molar-refractivity contribution < 1.29 is 9.53 Å². The molecule has 0 spiro atoms. The van der Waals surface area contributed by atoms with Gasteiger partial charge in [-0.3, -0.25) is 0 Å². The standard InChI is InChI=1S/C11H17N3O2/c1-4-5-6-16-10(15)9-7-12-11(13-8-9)14(2)3/h7-8H,4-6H2,1-3H3. The summed E-state index contributed by atoms with van der Waals surface area (Å²) in [5, 5.41) is 0. The lowest BCUT2D eigenvalue weighted by Crippen LogP contribution is -2.14. The minimum Gasteiger partial charge on any atom is -0.462 e. The van der Waals surface area contributed by atoms with E-state index in [4.69, 9.17) is 4.74 Å². The summed E-state index contributed by atoms with van der Waals surface area (Å²) in [6, 6.07) is 0. The number of hydrogen-bond acceptors (Lipinski definition) is 5. The number of rotatable bonds is 5. The Morgan fingerprint density at radius 2 is 2.00 bits per heavy atom. The van der Waals surface area contributed by atoms with Gasteiger partial charge in [0, 0.05) is 26.5 Å². The quantitative estimate of drug-likeness (QED) is 0.559. The first kappa shape index (κ1) is 12.4. The van der Waals surface area contributed by atoms with Gasteiger partial charge >= 0.3 is 5.97 Å². The maximum absolute atomic E-state index is 11.5. The number of aromatic nitrogens is 2. The van der Waals surface area contributed by atoms with Crippen molar-refractivity contribution in [2.24, 2.45) is 0 Å². The Morgan fingerprint density at radius 3 is 2.50 bits per heavy atom. The largest absolute Gasteiger partial charge is 0.462 e. The van der Waals surface area contributed by atoms with Crippen LogP contribution < -0.4 is 4.90 Å². The highest BCUT2D eigenvalue weighted by atomic mass is 16.5. The summed E-state index contributed by atoms with van der Waals surface area (Å²) in [6.45, 7) is 2.49. The molecule has 1 aromatic rings. The zero-order valence-electron chi connectivity index (χ0n) is 9.93. The fourth-order valence-corrected chi connectivity index (χ4v) is 1.05. The van der Waals surface area contributed by atoms with Gasteiger partial charge in [0.15, 0.2) is 0 Å². The van der Waals surface area contributed by atoms with Crippen LogP contribution >= 0.6 is 0 Å². The summed E-state index contributed by atoms with van der Waals surface area (Å²) in [6.07, 6.45) is 4.85. The second-order valence-corrected chi connectivity index (χ2v) is 3.66. The van der Waals surface area contributed by atoms with Gasteiger partial charge in [-0.15, -0.1) is 0 Å². The second-order valence-electron chi connectivity index (χ2n) is 3.66. The lowest BCUT2D eigenvalue weighted by Gasteiger charge is -2.09. The van der Waals surface area contributed by atoms with Crippen molar-refractivity contribution >= 4 is 11.9 Å². The van der Waals surface area contributed by atoms with Gasteiger partial charge in [0.25, 0.3) is 0 Å². The molecule has 0 aromatic carbocycles. The molecule has 1 aromatic heterocycles. The van der Waals surface area contributed by atoms with Crippen LogP contribution in [0.5, 0.6) is 0 Å². The average Bonchev–Trinajstić information content (AvgIpc) is 2.29. The van der Waals surface area contributed by atoms with Gasteiger partial charge in [0.1, 0.15) is 0 Å². The highest BCUT2D eigenvalue weighted by molar-refractivity contribution is 5.88. The van der Waals surface area contributed by atoms with Gasteiger partial charge in [0.2, 0.25) is 5.95 Å². The number of unbranched alkanes of at least 4 members (excludes halogenated alkanes) is 1. The summed E-state index contributed by atoms with van der Waals surface area (Å²) >= 11 is 0. The van der Waals surface area contributed by atoms with E-state index >= 15 is 0 Å². The normalized spacial score (nSPS) is 9.94. The molecule has 5 heteroatoms. The van der Waals surface area contributed by atoms with Crippen LogP contribution in [0.25, 0.3) is 0 Å². The molecule has 0 fully saturated rings. The van der Waals surface area contributed by atoms with Gasteiger partial charge < -0.3 is 9.64 Å². The second kappa shape index (κ2) is 6.05. The monoisotopic (exact) mass is 223 g/mol. The zero-order chi connectivity index (χ0) is 12.0. The average molecular weight is 223 g/mol. The van der Waals surface area contributed by atoms with Crippen molar-refractivity contribution in [3.05, 3.63) is 18.0 Å². The molecule has 0 aliphatic rings. The Morgan fingerprint density at radius 1 is 1.38 bits per heavy atom. The molecule has 0 aliphatic carbocycles. The number of hydrogen-bond donors (Lipinski definition) is 0. The third-order valence-electron chi connectivity index (χ3n) is 2.00. The molecule has 0 saturated carbocycles. The number of carbonyl (C=O) groups excluding carboxylic acids is 1. The van der Waals surface area contributed by atoms with Crippen LogP contribution in [0.15, 0.2) is 12.4 Å². The van der Waals surface area contributed by atoms with E-state index < -0.39 is 0 Å². The third kappa shape index (κ3) is 3.49. The van der Waals surface area contributed by atoms with Crippen LogP contribution in [-0.4, -0.2) is 36.6 Å². The molecule has 88 valence electrons. The van der Waals surface area contributed by atoms with E-state index in [0.717, 1.165) is 12.8 Å². The van der Waals surface area contributed by atoms with Crippen molar-refractivity contribution in [1.82, 2.24) is 9.97 Å². The fraction of sp³-hybridized carbons (Fsp3) is 0.545. The van der Waals surface area contributed by atoms with Gasteiger partial charge in [-0.2, -0.15) is 0 Å². The molecule has 0 atom stereocenters. The summed E-state index contributed by atoms with van der Waals surface area (Å²) in [7, 11) is 3.68. The first-order valence-corrected chi connectivity index (χ1v) is 5.31. The van der Waals surface area contributed by atoms with E-state index in [2.05, 4.69) is 9.97 Å². The molecule has 0 radical (unpaired) electrons. The van der Waals surface area contributed by atoms with Crippen molar-refractivity contribution in [1.29, 1.82) is 0 Å². The molecule has 0 aliphatic heterocycles. The summed E-state index contributed by atoms with van der Waals surface area (Å²) in [5.41, 5.74) is 0.390. The highest BCUT2D eigenvalue weighted by Gasteiger charge is 2.08. The molecule has 0 amide bonds. The molecule has 1 heterocycles. The topological polar surface area (TPSA) is 55.3 Å². The van der Waals surface area contributed by atoms with Crippen LogP contribution in [-0.2, 0) is 4.74 Å². The van der Waals surface area contributed by atoms with Crippen molar-refractivity contribution in [2.45, 2.75) is 19.8 Å². The van der Waals surface area contributed by atoms with Crippen LogP contribution in [0.4, 0.5) is 5.95 Å². The maximum atomic E-state index is 11.5. The molecule has 0 N–H and O–H groups in total. The number of ether oxygens (including phenoxy) is 1. The predicted molar refractivity (Wildman–Crippen MR) is 61.5 cm³/mol. The summed E-state index contributed by atoms with van der Waals surface area (Å²) < 4.78 is 5.04. The van der Waals surface area contributed by atoms with E-state index in [1.54, 1.807) is 4.90 Å². The van der Waals surface area contributed by atoms with Gasteiger partial charge in [-0.1, -0.05) is 13.3 Å². The molecule has 1 rings (SSSR count). The molecular weight excluding hydrogens is 206 g/mol. The van der Waals surface area contributed by atoms with Crippen molar-refractivity contribution in [2.75, 3.05) is 25.6 Å². The lowest BCUT2D eigenvalue weighted by atomic mass is 10.3.